The fourth-order valence-corrected chi connectivity index (χ4v) is 7.39. The van der Waals surface area contributed by atoms with Gasteiger partial charge in [-0.3, -0.25) is 9.69 Å². The van der Waals surface area contributed by atoms with Crippen molar-refractivity contribution in [1.82, 2.24) is 14.5 Å². The maximum absolute atomic E-state index is 13.3. The molecule has 212 valence electrons. The molecular weight excluding hydrogens is 565 g/mol. The second-order valence-electron chi connectivity index (χ2n) is 9.88. The standard InChI is InChI=1S/C27H33Cl2N3O6S/c28-20-16-21(29)18-23(17-20)39(36,37)32-12-4-5-25(32)26(33)30-24(27(34)35)15-19-6-8-22(9-7-19)38-14-13-31-10-2-1-3-11-31/h6-9,16-18,24-25H,1-5,10-15H2,(H,30,33)(H,34,35). The van der Waals surface area contributed by atoms with Gasteiger partial charge in [0, 0.05) is 29.6 Å². The third-order valence-corrected chi connectivity index (χ3v) is 9.37. The summed E-state index contributed by atoms with van der Waals surface area (Å²) in [5.74, 6) is -1.17. The highest BCUT2D eigenvalue weighted by Crippen LogP contribution is 2.30. The van der Waals surface area contributed by atoms with E-state index in [1.54, 1.807) is 24.3 Å². The Kier molecular flexibility index (Phi) is 10.1. The first kappa shape index (κ1) is 29.6. The zero-order chi connectivity index (χ0) is 28.0. The average molecular weight is 599 g/mol. The van der Waals surface area contributed by atoms with Crippen molar-refractivity contribution >= 4 is 45.1 Å². The fourth-order valence-electron chi connectivity index (χ4n) is 5.00. The summed E-state index contributed by atoms with van der Waals surface area (Å²) in [5.41, 5.74) is 0.704. The SMILES string of the molecule is O=C(O)C(Cc1ccc(OCCN2CCCCC2)cc1)NC(=O)C1CCCN1S(=O)(=O)c1cc(Cl)cc(Cl)c1. The number of sulfonamides is 1. The zero-order valence-corrected chi connectivity index (χ0v) is 23.8. The molecule has 2 atom stereocenters. The number of halogens is 2. The van der Waals surface area contributed by atoms with Crippen molar-refractivity contribution in [3.8, 4) is 5.75 Å². The molecule has 2 fully saturated rings. The number of hydrogen-bond acceptors (Lipinski definition) is 6. The van der Waals surface area contributed by atoms with E-state index in [0.717, 1.165) is 23.9 Å². The molecule has 1 amide bonds. The molecule has 0 aliphatic carbocycles. The molecule has 2 heterocycles. The molecule has 0 radical (unpaired) electrons. The second kappa shape index (κ2) is 13.3. The van der Waals surface area contributed by atoms with Crippen LogP contribution < -0.4 is 10.1 Å². The molecule has 2 aromatic carbocycles. The van der Waals surface area contributed by atoms with Crippen LogP contribution in [0.3, 0.4) is 0 Å². The van der Waals surface area contributed by atoms with Gasteiger partial charge in [0.15, 0.2) is 0 Å². The summed E-state index contributed by atoms with van der Waals surface area (Å²) in [5, 5.41) is 12.6. The van der Waals surface area contributed by atoms with Gasteiger partial charge in [0.05, 0.1) is 4.90 Å². The minimum atomic E-state index is -4.07. The molecule has 2 saturated heterocycles. The van der Waals surface area contributed by atoms with Crippen LogP contribution in [-0.2, 0) is 26.0 Å². The number of hydrogen-bond donors (Lipinski definition) is 2. The lowest BCUT2D eigenvalue weighted by Gasteiger charge is -2.26. The molecule has 0 aromatic heterocycles. The number of piperidine rings is 1. The molecule has 39 heavy (non-hydrogen) atoms. The Balaban J connectivity index is 1.36. The summed E-state index contributed by atoms with van der Waals surface area (Å²) < 4.78 is 33.4. The highest BCUT2D eigenvalue weighted by molar-refractivity contribution is 7.89. The molecular formula is C27H33Cl2N3O6S. The highest BCUT2D eigenvalue weighted by atomic mass is 35.5. The summed E-state index contributed by atoms with van der Waals surface area (Å²) in [6.07, 6.45) is 4.51. The predicted octanol–water partition coefficient (Wildman–Crippen LogP) is 3.82. The number of carbonyl (C=O) groups is 2. The number of carboxylic acids is 1. The smallest absolute Gasteiger partial charge is 0.326 e. The van der Waals surface area contributed by atoms with Gasteiger partial charge in [-0.25, -0.2) is 13.2 Å². The van der Waals surface area contributed by atoms with Gasteiger partial charge in [-0.1, -0.05) is 41.8 Å². The van der Waals surface area contributed by atoms with Gasteiger partial charge in [-0.05, 0) is 74.7 Å². The van der Waals surface area contributed by atoms with E-state index in [4.69, 9.17) is 27.9 Å². The van der Waals surface area contributed by atoms with E-state index < -0.39 is 34.0 Å². The van der Waals surface area contributed by atoms with E-state index in [1.165, 1.54) is 37.5 Å². The van der Waals surface area contributed by atoms with Crippen LogP contribution in [0.25, 0.3) is 0 Å². The summed E-state index contributed by atoms with van der Waals surface area (Å²) in [4.78, 5) is 27.4. The largest absolute Gasteiger partial charge is 0.492 e. The van der Waals surface area contributed by atoms with E-state index in [2.05, 4.69) is 10.2 Å². The van der Waals surface area contributed by atoms with Crippen LogP contribution in [0.4, 0.5) is 0 Å². The minimum Gasteiger partial charge on any atom is -0.492 e. The Morgan fingerprint density at radius 3 is 2.31 bits per heavy atom. The number of aliphatic carboxylic acids is 1. The Hall–Kier alpha value is -2.37. The number of carboxylic acid groups (broad SMARTS) is 1. The number of amides is 1. The maximum Gasteiger partial charge on any atom is 0.326 e. The molecule has 4 rings (SSSR count). The number of carbonyl (C=O) groups excluding carboxylic acids is 1. The molecule has 2 N–H and O–H groups in total. The number of benzene rings is 2. The van der Waals surface area contributed by atoms with E-state index in [9.17, 15) is 23.1 Å². The van der Waals surface area contributed by atoms with E-state index >= 15 is 0 Å². The molecule has 2 aliphatic rings. The Morgan fingerprint density at radius 2 is 1.67 bits per heavy atom. The van der Waals surface area contributed by atoms with Gasteiger partial charge in [0.2, 0.25) is 15.9 Å². The van der Waals surface area contributed by atoms with E-state index in [0.29, 0.717) is 24.3 Å². The molecule has 12 heteroatoms. The van der Waals surface area contributed by atoms with E-state index in [1.807, 2.05) is 0 Å². The molecule has 9 nitrogen and oxygen atoms in total. The van der Waals surface area contributed by atoms with Crippen molar-refractivity contribution in [2.24, 2.45) is 0 Å². The first-order valence-electron chi connectivity index (χ1n) is 13.1. The van der Waals surface area contributed by atoms with Gasteiger partial charge < -0.3 is 15.2 Å². The van der Waals surface area contributed by atoms with Crippen molar-refractivity contribution in [1.29, 1.82) is 0 Å². The van der Waals surface area contributed by atoms with Crippen molar-refractivity contribution in [2.45, 2.75) is 55.5 Å². The van der Waals surface area contributed by atoms with Crippen molar-refractivity contribution in [3.05, 3.63) is 58.1 Å². The van der Waals surface area contributed by atoms with Crippen LogP contribution in [0.2, 0.25) is 10.0 Å². The van der Waals surface area contributed by atoms with Crippen LogP contribution in [0, 0.1) is 0 Å². The lowest BCUT2D eigenvalue weighted by molar-refractivity contribution is -0.142. The normalized spacial score (nSPS) is 19.5. The first-order chi connectivity index (χ1) is 18.6. The van der Waals surface area contributed by atoms with Gasteiger partial charge in [0.25, 0.3) is 0 Å². The minimum absolute atomic E-state index is 0.0402. The number of likely N-dealkylation sites (tertiary alicyclic amines) is 1. The molecule has 0 bridgehead atoms. The van der Waals surface area contributed by atoms with Crippen LogP contribution in [0.1, 0.15) is 37.7 Å². The highest BCUT2D eigenvalue weighted by Gasteiger charge is 2.40. The lowest BCUT2D eigenvalue weighted by atomic mass is 10.1. The second-order valence-corrected chi connectivity index (χ2v) is 12.6. The van der Waals surface area contributed by atoms with E-state index in [-0.39, 0.29) is 34.3 Å². The van der Waals surface area contributed by atoms with Crippen LogP contribution >= 0.6 is 23.2 Å². The number of nitrogens with one attached hydrogen (secondary N) is 1. The Morgan fingerprint density at radius 1 is 1.00 bits per heavy atom. The van der Waals surface area contributed by atoms with Crippen molar-refractivity contribution in [2.75, 3.05) is 32.8 Å². The van der Waals surface area contributed by atoms with Crippen LogP contribution in [0.5, 0.6) is 5.75 Å². The Bertz CT molecular complexity index is 1250. The van der Waals surface area contributed by atoms with Crippen molar-refractivity contribution in [3.63, 3.8) is 0 Å². The number of nitrogens with zero attached hydrogens (tertiary/aromatic N) is 2. The summed E-state index contributed by atoms with van der Waals surface area (Å²) >= 11 is 12.0. The lowest BCUT2D eigenvalue weighted by Crippen LogP contribution is -2.51. The third-order valence-electron chi connectivity index (χ3n) is 7.05. The predicted molar refractivity (Wildman–Crippen MR) is 149 cm³/mol. The molecule has 2 aromatic rings. The van der Waals surface area contributed by atoms with Gasteiger partial charge in [-0.2, -0.15) is 4.31 Å². The van der Waals surface area contributed by atoms with Crippen LogP contribution in [-0.4, -0.2) is 79.5 Å². The van der Waals surface area contributed by atoms with Gasteiger partial charge in [-0.15, -0.1) is 0 Å². The number of ether oxygens (including phenoxy) is 1. The summed E-state index contributed by atoms with van der Waals surface area (Å²) in [6.45, 7) is 3.78. The van der Waals surface area contributed by atoms with Gasteiger partial charge >= 0.3 is 5.97 Å². The maximum atomic E-state index is 13.3. The van der Waals surface area contributed by atoms with Crippen molar-refractivity contribution < 1.29 is 27.9 Å². The number of rotatable bonds is 11. The monoisotopic (exact) mass is 597 g/mol. The molecule has 0 saturated carbocycles. The zero-order valence-electron chi connectivity index (χ0n) is 21.5. The summed E-state index contributed by atoms with van der Waals surface area (Å²) in [6, 6.07) is 8.82. The summed E-state index contributed by atoms with van der Waals surface area (Å²) in [7, 11) is -4.07. The van der Waals surface area contributed by atoms with Gasteiger partial charge in [0.1, 0.15) is 24.4 Å². The van der Waals surface area contributed by atoms with Crippen LogP contribution in [0.15, 0.2) is 47.4 Å². The Labute approximate surface area is 239 Å². The molecule has 2 aliphatic heterocycles. The average Bonchev–Trinajstić information content (AvgIpc) is 3.41. The molecule has 2 unspecified atom stereocenters. The quantitative estimate of drug-likeness (QED) is 0.404. The molecule has 0 spiro atoms. The fraction of sp³-hybridized carbons (Fsp3) is 0.481. The topological polar surface area (TPSA) is 116 Å². The third kappa shape index (κ3) is 7.85. The first-order valence-corrected chi connectivity index (χ1v) is 15.3.